The van der Waals surface area contributed by atoms with Crippen molar-refractivity contribution in [1.82, 2.24) is 0 Å². The highest BCUT2D eigenvalue weighted by atomic mass is 16.7. The third-order valence-corrected chi connectivity index (χ3v) is 14.1. The molecule has 20 nitrogen and oxygen atoms in total. The second kappa shape index (κ2) is 32.9. The van der Waals surface area contributed by atoms with Crippen molar-refractivity contribution in [2.45, 2.75) is 196 Å². The number of hydrogen-bond donors (Lipinski definition) is 12. The molecule has 0 amide bonds. The first kappa shape index (κ1) is 65.5. The maximum atomic E-state index is 13.2. The van der Waals surface area contributed by atoms with Crippen LogP contribution in [0.2, 0.25) is 0 Å². The van der Waals surface area contributed by atoms with E-state index in [-0.39, 0.29) is 69.0 Å². The Morgan fingerprint density at radius 2 is 1.32 bits per heavy atom. The molecule has 0 aromatic heterocycles. The van der Waals surface area contributed by atoms with E-state index in [1.807, 2.05) is 19.9 Å². The average Bonchev–Trinajstić information content (AvgIpc) is 3.34. The molecule has 2 saturated heterocycles. The summed E-state index contributed by atoms with van der Waals surface area (Å²) < 4.78 is 23.7. The molecule has 0 radical (unpaired) electrons. The molecule has 0 spiro atoms. The number of Topliss-reactive ketones (excluding diaryl/α,β-unsaturated/α-hetero) is 2. The molecule has 13 unspecified atom stereocenters. The van der Waals surface area contributed by atoms with Gasteiger partial charge in [-0.1, -0.05) is 98.9 Å². The highest BCUT2D eigenvalue weighted by Crippen LogP contribution is 2.38. The molecule has 0 aliphatic carbocycles. The smallest absolute Gasteiger partial charge is 0.313 e. The first-order valence-corrected chi connectivity index (χ1v) is 26.9. The average molecular weight is 1100 g/mol. The van der Waals surface area contributed by atoms with Gasteiger partial charge in [0.15, 0.2) is 17.9 Å². The van der Waals surface area contributed by atoms with Crippen molar-refractivity contribution >= 4 is 29.2 Å². The van der Waals surface area contributed by atoms with Gasteiger partial charge in [0.05, 0.1) is 67.1 Å². The number of allylic oxidation sites excluding steroid dienone is 12. The molecule has 3 aliphatic rings. The molecule has 0 saturated carbocycles. The van der Waals surface area contributed by atoms with Gasteiger partial charge in [-0.3, -0.25) is 19.2 Å². The van der Waals surface area contributed by atoms with Crippen molar-refractivity contribution in [3.8, 4) is 0 Å². The standard InChI is InChI=1S/C58H84N2O18/c1-35-17-14-12-10-8-6-4-5-7-9-11-13-15-20-46(76-57-54(71)52(60)53(70)37(3)75-57)32-49-51(56(72)73)48(68)34-58(74,78-49)33-45(66)29-44(65)28-43(64)27-40(61)18-16-19-41(62)31-50(69)77-55(35)36(2)21-26-42(63)30-47(67)38-22-24-39(59)25-23-38/h4-15,17,20,22-25,35-37,40,42-46,48-49,51-55,57,61,63-66,68,70-71,74H,16,18-19,21,26-34,59-60H2,1-3H3,(H,72,73)/b5-4+,8-6+,9-7+,12-10+,13-11+,17-14+,20-15+/t35?,36?,37-,40?,42?,43?,44?,45?,46?,48?,49?,51?,52+,53-,54+,55?,57+,58?/m1/s1. The van der Waals surface area contributed by atoms with Crippen molar-refractivity contribution in [3.05, 3.63) is 115 Å². The fraction of sp³-hybridized carbons (Fsp3) is 0.586. The number of carbonyl (C=O) groups is 4. The van der Waals surface area contributed by atoms with E-state index in [1.54, 1.807) is 97.2 Å². The number of cyclic esters (lactones) is 1. The van der Waals surface area contributed by atoms with E-state index in [1.165, 1.54) is 13.0 Å². The largest absolute Gasteiger partial charge is 0.481 e. The molecule has 18 atom stereocenters. The zero-order valence-corrected chi connectivity index (χ0v) is 44.8. The second-order valence-corrected chi connectivity index (χ2v) is 21.0. The molecule has 434 valence electrons. The number of carboxylic acids is 1. The Labute approximate surface area is 456 Å². The summed E-state index contributed by atoms with van der Waals surface area (Å²) in [6.45, 7) is 5.27. The van der Waals surface area contributed by atoms with Crippen LogP contribution in [0.3, 0.4) is 0 Å². The summed E-state index contributed by atoms with van der Waals surface area (Å²) in [6, 6.07) is 5.28. The van der Waals surface area contributed by atoms with Gasteiger partial charge in [0, 0.05) is 49.3 Å². The third kappa shape index (κ3) is 22.6. The molecular formula is C58H84N2O18. The van der Waals surface area contributed by atoms with Gasteiger partial charge >= 0.3 is 11.9 Å². The number of carboxylic acid groups (broad SMARTS) is 1. The lowest BCUT2D eigenvalue weighted by atomic mass is 9.82. The van der Waals surface area contributed by atoms with Crippen LogP contribution >= 0.6 is 0 Å². The summed E-state index contributed by atoms with van der Waals surface area (Å²) in [7, 11) is 0. The lowest BCUT2D eigenvalue weighted by molar-refractivity contribution is -0.308. The highest BCUT2D eigenvalue weighted by Gasteiger charge is 2.51. The molecule has 3 heterocycles. The van der Waals surface area contributed by atoms with Gasteiger partial charge in [-0.2, -0.15) is 0 Å². The number of hydrogen-bond acceptors (Lipinski definition) is 19. The number of benzene rings is 1. The number of rotatable bonds is 10. The predicted molar refractivity (Wildman–Crippen MR) is 289 cm³/mol. The maximum Gasteiger partial charge on any atom is 0.313 e. The van der Waals surface area contributed by atoms with Crippen LogP contribution in [-0.2, 0) is 33.3 Å². The van der Waals surface area contributed by atoms with Gasteiger partial charge in [0.25, 0.3) is 0 Å². The molecule has 20 heteroatoms. The molecular weight excluding hydrogens is 1010 g/mol. The Bertz CT molecular complexity index is 2250. The Morgan fingerprint density at radius 3 is 1.92 bits per heavy atom. The molecule has 2 bridgehead atoms. The van der Waals surface area contributed by atoms with E-state index in [0.29, 0.717) is 17.7 Å². The van der Waals surface area contributed by atoms with Gasteiger partial charge < -0.3 is 81.5 Å². The van der Waals surface area contributed by atoms with Crippen LogP contribution in [0.25, 0.3) is 0 Å². The van der Waals surface area contributed by atoms with E-state index >= 15 is 0 Å². The minimum Gasteiger partial charge on any atom is -0.481 e. The normalized spacial score (nSPS) is 37.8. The van der Waals surface area contributed by atoms with Crippen LogP contribution < -0.4 is 11.5 Å². The van der Waals surface area contributed by atoms with Crippen molar-refractivity contribution in [2.24, 2.45) is 23.5 Å². The molecule has 1 aromatic carbocycles. The molecule has 1 aromatic rings. The van der Waals surface area contributed by atoms with E-state index in [9.17, 15) is 70.2 Å². The minimum absolute atomic E-state index is 0.0724. The van der Waals surface area contributed by atoms with Crippen LogP contribution in [0.5, 0.6) is 0 Å². The minimum atomic E-state index is -2.31. The van der Waals surface area contributed by atoms with Crippen LogP contribution in [-0.4, -0.2) is 166 Å². The van der Waals surface area contributed by atoms with Crippen LogP contribution in [0, 0.1) is 17.8 Å². The van der Waals surface area contributed by atoms with Gasteiger partial charge in [-0.05, 0) is 82.1 Å². The van der Waals surface area contributed by atoms with Gasteiger partial charge in [-0.25, -0.2) is 0 Å². The maximum absolute atomic E-state index is 13.2. The molecule has 2 fully saturated rings. The summed E-state index contributed by atoms with van der Waals surface area (Å²) in [6.07, 6.45) is 5.99. The number of ether oxygens (including phenoxy) is 4. The third-order valence-electron chi connectivity index (χ3n) is 14.1. The number of aliphatic carboxylic acids is 1. The van der Waals surface area contributed by atoms with Crippen molar-refractivity contribution in [2.75, 3.05) is 5.73 Å². The predicted octanol–water partition coefficient (Wildman–Crippen LogP) is 3.32. The molecule has 3 aliphatic heterocycles. The topological polar surface area (TPSA) is 360 Å². The first-order valence-electron chi connectivity index (χ1n) is 26.9. The second-order valence-electron chi connectivity index (χ2n) is 21.0. The highest BCUT2D eigenvalue weighted by molar-refractivity contribution is 5.96. The van der Waals surface area contributed by atoms with Gasteiger partial charge in [-0.15, -0.1) is 0 Å². The number of esters is 1. The molecule has 78 heavy (non-hydrogen) atoms. The number of aliphatic hydroxyl groups excluding tert-OH is 8. The van der Waals surface area contributed by atoms with Gasteiger partial charge in [0.2, 0.25) is 0 Å². The van der Waals surface area contributed by atoms with Crippen molar-refractivity contribution in [3.63, 3.8) is 0 Å². The number of ketones is 2. The van der Waals surface area contributed by atoms with Crippen LogP contribution in [0.1, 0.15) is 115 Å². The first-order chi connectivity index (χ1) is 36.9. The van der Waals surface area contributed by atoms with Crippen LogP contribution in [0.4, 0.5) is 5.69 Å². The SMILES string of the molecule is CC1/C=C/C=C/C=C/C=C/C=C/C=C/C=C/C(O[C@@H]2O[C@H](C)[C@@H](O)[C@H](N)[C@@H]2O)CC2OC(O)(CC(O)CC(O)CC(O)CC(O)CCCC(=O)CC(=O)OC1C(C)CCC(O)CC(=O)c1ccc(N)cc1)CC(O)C2C(=O)O. The fourth-order valence-electron chi connectivity index (χ4n) is 9.84. The molecule has 14 N–H and O–H groups in total. The lowest BCUT2D eigenvalue weighted by Gasteiger charge is -2.45. The number of fused-ring (bicyclic) bond motifs is 2. The summed E-state index contributed by atoms with van der Waals surface area (Å²) in [5.74, 6) is -7.37. The summed E-state index contributed by atoms with van der Waals surface area (Å²) in [5, 5.41) is 108. The van der Waals surface area contributed by atoms with E-state index in [0.717, 1.165) is 0 Å². The zero-order valence-electron chi connectivity index (χ0n) is 44.8. The lowest BCUT2D eigenvalue weighted by Crippen LogP contribution is -2.61. The number of aliphatic hydroxyl groups is 9. The van der Waals surface area contributed by atoms with Gasteiger partial charge in [0.1, 0.15) is 30.3 Å². The summed E-state index contributed by atoms with van der Waals surface area (Å²) in [5.41, 5.74) is 12.7. The van der Waals surface area contributed by atoms with E-state index < -0.39 is 141 Å². The van der Waals surface area contributed by atoms with E-state index in [4.69, 9.17) is 30.4 Å². The van der Waals surface area contributed by atoms with Crippen molar-refractivity contribution in [1.29, 1.82) is 0 Å². The summed E-state index contributed by atoms with van der Waals surface area (Å²) in [4.78, 5) is 51.5. The number of nitrogens with two attached hydrogens (primary N) is 2. The quantitative estimate of drug-likeness (QED) is 0.0692. The Morgan fingerprint density at radius 1 is 0.756 bits per heavy atom. The molecule has 4 rings (SSSR count). The van der Waals surface area contributed by atoms with E-state index in [2.05, 4.69) is 0 Å². The summed E-state index contributed by atoms with van der Waals surface area (Å²) >= 11 is 0. The Hall–Kier alpha value is -5.04. The van der Waals surface area contributed by atoms with Crippen molar-refractivity contribution < 1.29 is 89.2 Å². The number of anilines is 1. The fourth-order valence-corrected chi connectivity index (χ4v) is 9.84. The Kier molecular flexibility index (Phi) is 27.6. The van der Waals surface area contributed by atoms with Crippen LogP contribution in [0.15, 0.2) is 109 Å². The zero-order chi connectivity index (χ0) is 57.5. The number of nitrogen functional groups attached to an aromatic ring is 1. The monoisotopic (exact) mass is 1100 g/mol. The Balaban J connectivity index is 1.52. The number of carbonyl (C=O) groups excluding carboxylic acids is 3.